The van der Waals surface area contributed by atoms with Crippen molar-refractivity contribution in [2.45, 2.75) is 25.9 Å². The van der Waals surface area contributed by atoms with Crippen molar-refractivity contribution in [3.05, 3.63) is 29.8 Å². The molecular formula is C15H23N3O2. The van der Waals surface area contributed by atoms with Crippen LogP contribution in [0, 0.1) is 0 Å². The monoisotopic (exact) mass is 277 g/mol. The number of hydrogen-bond acceptors (Lipinski definition) is 4. The average Bonchev–Trinajstić information content (AvgIpc) is 2.48. The van der Waals surface area contributed by atoms with Crippen molar-refractivity contribution in [3.63, 3.8) is 0 Å². The van der Waals surface area contributed by atoms with Crippen molar-refractivity contribution in [2.24, 2.45) is 0 Å². The zero-order valence-electron chi connectivity index (χ0n) is 12.0. The first-order valence-corrected chi connectivity index (χ1v) is 7.14. The van der Waals surface area contributed by atoms with E-state index in [2.05, 4.69) is 10.2 Å². The van der Waals surface area contributed by atoms with Crippen LogP contribution in [0.3, 0.4) is 0 Å². The van der Waals surface area contributed by atoms with Crippen LogP contribution >= 0.6 is 0 Å². The molecule has 1 saturated heterocycles. The summed E-state index contributed by atoms with van der Waals surface area (Å²) < 4.78 is 5.45. The van der Waals surface area contributed by atoms with E-state index >= 15 is 0 Å². The number of rotatable bonds is 5. The Morgan fingerprint density at radius 1 is 1.45 bits per heavy atom. The van der Waals surface area contributed by atoms with Gasteiger partial charge in [-0.25, -0.2) is 0 Å². The molecule has 1 fully saturated rings. The molecular weight excluding hydrogens is 254 g/mol. The lowest BCUT2D eigenvalue weighted by atomic mass is 10.1. The van der Waals surface area contributed by atoms with Gasteiger partial charge in [0, 0.05) is 25.3 Å². The molecule has 1 aromatic rings. The van der Waals surface area contributed by atoms with Gasteiger partial charge in [0.15, 0.2) is 0 Å². The second-order valence-electron chi connectivity index (χ2n) is 5.09. The molecule has 0 aliphatic carbocycles. The van der Waals surface area contributed by atoms with Crippen LogP contribution in [0.25, 0.3) is 0 Å². The summed E-state index contributed by atoms with van der Waals surface area (Å²) in [5.74, 6) is 0.0574. The van der Waals surface area contributed by atoms with E-state index in [1.54, 1.807) is 0 Å². The number of anilines is 1. The summed E-state index contributed by atoms with van der Waals surface area (Å²) in [6.07, 6.45) is 0.942. The molecule has 1 aliphatic heterocycles. The van der Waals surface area contributed by atoms with Crippen molar-refractivity contribution in [2.75, 3.05) is 32.0 Å². The zero-order chi connectivity index (χ0) is 14.4. The van der Waals surface area contributed by atoms with Crippen LogP contribution in [0.4, 0.5) is 5.69 Å². The first-order valence-electron chi connectivity index (χ1n) is 7.14. The van der Waals surface area contributed by atoms with Crippen LogP contribution in [0.2, 0.25) is 0 Å². The van der Waals surface area contributed by atoms with Crippen molar-refractivity contribution < 1.29 is 9.53 Å². The van der Waals surface area contributed by atoms with Crippen LogP contribution < -0.4 is 11.1 Å². The summed E-state index contributed by atoms with van der Waals surface area (Å²) >= 11 is 0. The molecule has 110 valence electrons. The van der Waals surface area contributed by atoms with Gasteiger partial charge in [0.05, 0.1) is 13.2 Å². The van der Waals surface area contributed by atoms with Crippen molar-refractivity contribution in [1.82, 2.24) is 10.2 Å². The molecule has 1 heterocycles. The number of nitrogens with one attached hydrogen (secondary N) is 1. The molecule has 1 amide bonds. The number of nitrogens with two attached hydrogens (primary N) is 1. The van der Waals surface area contributed by atoms with Crippen molar-refractivity contribution >= 4 is 11.6 Å². The molecule has 5 nitrogen and oxygen atoms in total. The quantitative estimate of drug-likeness (QED) is 0.788. The Morgan fingerprint density at radius 2 is 2.20 bits per heavy atom. The number of nitrogens with zero attached hydrogens (tertiary/aromatic N) is 1. The van der Waals surface area contributed by atoms with E-state index in [1.165, 1.54) is 0 Å². The summed E-state index contributed by atoms with van der Waals surface area (Å²) in [4.78, 5) is 14.3. The first-order chi connectivity index (χ1) is 9.70. The summed E-state index contributed by atoms with van der Waals surface area (Å²) in [6.45, 7) is 5.41. The number of hydrogen-bond donors (Lipinski definition) is 2. The van der Waals surface area contributed by atoms with Gasteiger partial charge in [0.1, 0.15) is 6.04 Å². The molecule has 0 radical (unpaired) electrons. The molecule has 0 saturated carbocycles. The number of carbonyl (C=O) groups is 1. The Bertz CT molecular complexity index is 433. The highest BCUT2D eigenvalue weighted by Gasteiger charge is 2.28. The van der Waals surface area contributed by atoms with Gasteiger partial charge in [-0.1, -0.05) is 19.1 Å². The molecule has 3 N–H and O–H groups in total. The maximum Gasteiger partial charge on any atom is 0.239 e. The topological polar surface area (TPSA) is 67.6 Å². The average molecular weight is 277 g/mol. The Balaban J connectivity index is 1.99. The highest BCUT2D eigenvalue weighted by Crippen LogP contribution is 2.14. The Hall–Kier alpha value is -1.59. The second kappa shape index (κ2) is 7.26. The third-order valence-corrected chi connectivity index (χ3v) is 3.46. The molecule has 0 aromatic heterocycles. The molecule has 1 aliphatic rings. The number of nitrogen functional groups attached to an aromatic ring is 1. The lowest BCUT2D eigenvalue weighted by Crippen LogP contribution is -2.53. The van der Waals surface area contributed by atoms with E-state index in [1.807, 2.05) is 31.2 Å². The number of amides is 1. The van der Waals surface area contributed by atoms with Crippen LogP contribution in [-0.4, -0.2) is 43.2 Å². The minimum atomic E-state index is -0.201. The van der Waals surface area contributed by atoms with Gasteiger partial charge >= 0.3 is 0 Å². The van der Waals surface area contributed by atoms with Gasteiger partial charge in [-0.2, -0.15) is 0 Å². The molecule has 0 spiro atoms. The summed E-state index contributed by atoms with van der Waals surface area (Å²) in [5, 5.41) is 2.95. The van der Waals surface area contributed by atoms with E-state index in [4.69, 9.17) is 10.5 Å². The summed E-state index contributed by atoms with van der Waals surface area (Å²) in [6, 6.07) is 7.59. The maximum atomic E-state index is 12.2. The van der Waals surface area contributed by atoms with E-state index in [9.17, 15) is 4.79 Å². The van der Waals surface area contributed by atoms with Gasteiger partial charge in [-0.3, -0.25) is 9.69 Å². The highest BCUT2D eigenvalue weighted by atomic mass is 16.5. The Labute approximate surface area is 120 Å². The van der Waals surface area contributed by atoms with Crippen molar-refractivity contribution in [1.29, 1.82) is 0 Å². The fraction of sp³-hybridized carbons (Fsp3) is 0.533. The van der Waals surface area contributed by atoms with Crippen LogP contribution in [-0.2, 0) is 16.1 Å². The van der Waals surface area contributed by atoms with E-state index in [0.717, 1.165) is 30.8 Å². The normalized spacial score (nSPS) is 19.8. The molecule has 1 aromatic carbocycles. The molecule has 2 rings (SSSR count). The van der Waals surface area contributed by atoms with E-state index < -0.39 is 0 Å². The van der Waals surface area contributed by atoms with Gasteiger partial charge < -0.3 is 15.8 Å². The molecule has 1 atom stereocenters. The van der Waals surface area contributed by atoms with E-state index in [0.29, 0.717) is 19.8 Å². The lowest BCUT2D eigenvalue weighted by molar-refractivity contribution is -0.132. The largest absolute Gasteiger partial charge is 0.399 e. The second-order valence-corrected chi connectivity index (χ2v) is 5.09. The van der Waals surface area contributed by atoms with Crippen LogP contribution in [0.1, 0.15) is 18.9 Å². The smallest absolute Gasteiger partial charge is 0.239 e. The molecule has 5 heteroatoms. The third kappa shape index (κ3) is 3.95. The standard InChI is InChI=1S/C15H23N3O2/c1-2-7-17-15(19)14-11-20-9-8-18(14)10-12-3-5-13(16)6-4-12/h3-6,14H,2,7-11,16H2,1H3,(H,17,19). The number of morpholine rings is 1. The van der Waals surface area contributed by atoms with Gasteiger partial charge in [-0.05, 0) is 24.1 Å². The third-order valence-electron chi connectivity index (χ3n) is 3.46. The van der Waals surface area contributed by atoms with Crippen LogP contribution in [0.15, 0.2) is 24.3 Å². The minimum Gasteiger partial charge on any atom is -0.399 e. The van der Waals surface area contributed by atoms with Gasteiger partial charge in [0.25, 0.3) is 0 Å². The Kier molecular flexibility index (Phi) is 5.38. The maximum absolute atomic E-state index is 12.2. The minimum absolute atomic E-state index is 0.0574. The fourth-order valence-electron chi connectivity index (χ4n) is 2.29. The van der Waals surface area contributed by atoms with Crippen LogP contribution in [0.5, 0.6) is 0 Å². The van der Waals surface area contributed by atoms with Gasteiger partial charge in [0.2, 0.25) is 5.91 Å². The molecule has 20 heavy (non-hydrogen) atoms. The summed E-state index contributed by atoms with van der Waals surface area (Å²) in [5.41, 5.74) is 7.61. The predicted octanol–water partition coefficient (Wildman–Crippen LogP) is 0.996. The predicted molar refractivity (Wildman–Crippen MR) is 79.2 cm³/mol. The zero-order valence-corrected chi connectivity index (χ0v) is 12.0. The SMILES string of the molecule is CCCNC(=O)C1COCCN1Cc1ccc(N)cc1. The first kappa shape index (κ1) is 14.8. The van der Waals surface area contributed by atoms with Crippen molar-refractivity contribution in [3.8, 4) is 0 Å². The Morgan fingerprint density at radius 3 is 2.90 bits per heavy atom. The highest BCUT2D eigenvalue weighted by molar-refractivity contribution is 5.82. The number of carbonyl (C=O) groups excluding carboxylic acids is 1. The fourth-order valence-corrected chi connectivity index (χ4v) is 2.29. The number of benzene rings is 1. The number of ether oxygens (including phenoxy) is 1. The molecule has 1 unspecified atom stereocenters. The lowest BCUT2D eigenvalue weighted by Gasteiger charge is -2.34. The van der Waals surface area contributed by atoms with E-state index in [-0.39, 0.29) is 11.9 Å². The summed E-state index contributed by atoms with van der Waals surface area (Å²) in [7, 11) is 0. The molecule has 0 bridgehead atoms. The van der Waals surface area contributed by atoms with Gasteiger partial charge in [-0.15, -0.1) is 0 Å².